The van der Waals surface area contributed by atoms with E-state index in [1.54, 1.807) is 0 Å². The molecular formula is C18H22F3N3OS. The maximum Gasteiger partial charge on any atom is 0.416 e. The second kappa shape index (κ2) is 7.90. The summed E-state index contributed by atoms with van der Waals surface area (Å²) in [6.45, 7) is 3.42. The molecule has 1 amide bonds. The number of rotatable bonds is 5. The van der Waals surface area contributed by atoms with Crippen LogP contribution in [0.2, 0.25) is 0 Å². The maximum absolute atomic E-state index is 13.0. The molecule has 26 heavy (non-hydrogen) atoms. The van der Waals surface area contributed by atoms with Crippen molar-refractivity contribution in [2.45, 2.75) is 62.2 Å². The minimum atomic E-state index is -4.39. The van der Waals surface area contributed by atoms with Crippen molar-refractivity contribution in [1.82, 2.24) is 14.9 Å². The first-order valence-corrected chi connectivity index (χ1v) is 9.80. The van der Waals surface area contributed by atoms with Gasteiger partial charge in [-0.15, -0.1) is 0 Å². The van der Waals surface area contributed by atoms with E-state index in [9.17, 15) is 18.0 Å². The topological polar surface area (TPSA) is 46.9 Å². The number of carbonyl (C=O) groups excluding carboxylic acids is 1. The van der Waals surface area contributed by atoms with Gasteiger partial charge in [0, 0.05) is 13.1 Å². The van der Waals surface area contributed by atoms with Crippen LogP contribution in [-0.2, 0) is 17.5 Å². The number of nitrogens with one attached hydrogen (secondary N) is 1. The first kappa shape index (κ1) is 19.1. The molecule has 1 aromatic heterocycles. The van der Waals surface area contributed by atoms with Crippen LogP contribution in [0.1, 0.15) is 44.6 Å². The molecule has 0 radical (unpaired) electrons. The Labute approximate surface area is 154 Å². The van der Waals surface area contributed by atoms with Gasteiger partial charge in [0.15, 0.2) is 5.16 Å². The van der Waals surface area contributed by atoms with E-state index < -0.39 is 11.7 Å². The SMILES string of the molecule is CCCCn1c(S[C@H]2CCCCNC2=O)nc2cc(C(F)(F)F)ccc21. The summed E-state index contributed by atoms with van der Waals surface area (Å²) < 4.78 is 41.0. The highest BCUT2D eigenvalue weighted by molar-refractivity contribution is 8.00. The van der Waals surface area contributed by atoms with Gasteiger partial charge in [-0.1, -0.05) is 31.5 Å². The van der Waals surface area contributed by atoms with Crippen molar-refractivity contribution >= 4 is 28.7 Å². The van der Waals surface area contributed by atoms with Crippen molar-refractivity contribution in [3.63, 3.8) is 0 Å². The number of fused-ring (bicyclic) bond motifs is 1. The quantitative estimate of drug-likeness (QED) is 0.817. The molecule has 1 saturated heterocycles. The van der Waals surface area contributed by atoms with Crippen LogP contribution < -0.4 is 5.32 Å². The number of benzene rings is 1. The molecule has 1 aliphatic heterocycles. The van der Waals surface area contributed by atoms with Crippen molar-refractivity contribution in [1.29, 1.82) is 0 Å². The predicted molar refractivity (Wildman–Crippen MR) is 96.1 cm³/mol. The molecule has 1 fully saturated rings. The lowest BCUT2D eigenvalue weighted by atomic mass is 10.2. The van der Waals surface area contributed by atoms with Crippen molar-refractivity contribution in [2.75, 3.05) is 6.54 Å². The van der Waals surface area contributed by atoms with Crippen LogP contribution in [0.5, 0.6) is 0 Å². The maximum atomic E-state index is 13.0. The Kier molecular flexibility index (Phi) is 5.79. The molecule has 2 aromatic rings. The number of halogens is 3. The average molecular weight is 385 g/mol. The van der Waals surface area contributed by atoms with Gasteiger partial charge in [0.25, 0.3) is 0 Å². The average Bonchev–Trinajstić information content (AvgIpc) is 2.80. The lowest BCUT2D eigenvalue weighted by molar-refractivity contribution is -0.137. The molecular weight excluding hydrogens is 363 g/mol. The Hall–Kier alpha value is -1.70. The van der Waals surface area contributed by atoms with Crippen LogP contribution in [0, 0.1) is 0 Å². The fraction of sp³-hybridized carbons (Fsp3) is 0.556. The number of hydrogen-bond donors (Lipinski definition) is 1. The zero-order chi connectivity index (χ0) is 18.7. The molecule has 0 saturated carbocycles. The van der Waals surface area contributed by atoms with E-state index in [4.69, 9.17) is 0 Å². The van der Waals surface area contributed by atoms with Gasteiger partial charge < -0.3 is 9.88 Å². The molecule has 0 spiro atoms. The van der Waals surface area contributed by atoms with Crippen LogP contribution in [-0.4, -0.2) is 27.3 Å². The molecule has 1 N–H and O–H groups in total. The van der Waals surface area contributed by atoms with Gasteiger partial charge in [0.2, 0.25) is 5.91 Å². The number of thioether (sulfide) groups is 1. The van der Waals surface area contributed by atoms with E-state index in [1.165, 1.54) is 17.8 Å². The fourth-order valence-electron chi connectivity index (χ4n) is 3.06. The normalized spacial score (nSPS) is 18.8. The first-order chi connectivity index (χ1) is 12.4. The van der Waals surface area contributed by atoms with E-state index in [1.807, 2.05) is 4.57 Å². The van der Waals surface area contributed by atoms with Crippen LogP contribution in [0.3, 0.4) is 0 Å². The van der Waals surface area contributed by atoms with Gasteiger partial charge in [0.05, 0.1) is 21.8 Å². The van der Waals surface area contributed by atoms with Gasteiger partial charge in [-0.05, 0) is 37.5 Å². The minimum Gasteiger partial charge on any atom is -0.355 e. The van der Waals surface area contributed by atoms with E-state index in [0.29, 0.717) is 29.3 Å². The molecule has 4 nitrogen and oxygen atoms in total. The first-order valence-electron chi connectivity index (χ1n) is 8.92. The summed E-state index contributed by atoms with van der Waals surface area (Å²) in [5, 5.41) is 3.26. The Morgan fingerprint density at radius 3 is 2.88 bits per heavy atom. The van der Waals surface area contributed by atoms with Gasteiger partial charge in [-0.3, -0.25) is 4.79 Å². The molecule has 0 bridgehead atoms. The third-order valence-corrected chi connectivity index (χ3v) is 5.77. The van der Waals surface area contributed by atoms with E-state index in [2.05, 4.69) is 17.2 Å². The number of carbonyl (C=O) groups is 1. The zero-order valence-electron chi connectivity index (χ0n) is 14.6. The second-order valence-corrected chi connectivity index (χ2v) is 7.66. The molecule has 1 aliphatic rings. The molecule has 1 aromatic carbocycles. The third kappa shape index (κ3) is 4.16. The standard InChI is InChI=1S/C18H22F3N3OS/c1-2-3-10-24-14-8-7-12(18(19,20)21)11-13(14)23-17(24)26-15-6-4-5-9-22-16(15)25/h7-8,11,15H,2-6,9-10H2,1H3,(H,22,25)/t15-/m0/s1. The molecule has 0 aliphatic carbocycles. The summed E-state index contributed by atoms with van der Waals surface area (Å²) in [7, 11) is 0. The molecule has 8 heteroatoms. The number of alkyl halides is 3. The minimum absolute atomic E-state index is 0.0161. The fourth-order valence-corrected chi connectivity index (χ4v) is 4.25. The van der Waals surface area contributed by atoms with Crippen LogP contribution >= 0.6 is 11.8 Å². The lowest BCUT2D eigenvalue weighted by Gasteiger charge is -2.14. The summed E-state index contributed by atoms with van der Waals surface area (Å²) in [6.07, 6.45) is 0.121. The van der Waals surface area contributed by atoms with Gasteiger partial charge >= 0.3 is 6.18 Å². The van der Waals surface area contributed by atoms with Crippen molar-refractivity contribution in [3.8, 4) is 0 Å². The Balaban J connectivity index is 1.97. The number of hydrogen-bond acceptors (Lipinski definition) is 3. The zero-order valence-corrected chi connectivity index (χ0v) is 15.4. The highest BCUT2D eigenvalue weighted by Gasteiger charge is 2.31. The second-order valence-electron chi connectivity index (χ2n) is 6.49. The van der Waals surface area contributed by atoms with E-state index in [-0.39, 0.29) is 11.2 Å². The lowest BCUT2D eigenvalue weighted by Crippen LogP contribution is -2.30. The molecule has 0 unspecified atom stereocenters. The number of aromatic nitrogens is 2. The summed E-state index contributed by atoms with van der Waals surface area (Å²) in [5.41, 5.74) is 0.310. The van der Waals surface area contributed by atoms with Gasteiger partial charge in [0.1, 0.15) is 0 Å². The molecule has 2 heterocycles. The van der Waals surface area contributed by atoms with Gasteiger partial charge in [-0.25, -0.2) is 4.98 Å². The predicted octanol–water partition coefficient (Wildman–Crippen LogP) is 4.62. The smallest absolute Gasteiger partial charge is 0.355 e. The van der Waals surface area contributed by atoms with E-state index in [0.717, 1.165) is 44.2 Å². The third-order valence-electron chi connectivity index (χ3n) is 4.51. The monoisotopic (exact) mass is 385 g/mol. The summed E-state index contributed by atoms with van der Waals surface area (Å²) in [6, 6.07) is 3.67. The number of aryl methyl sites for hydroxylation is 1. The summed E-state index contributed by atoms with van der Waals surface area (Å²) in [5.74, 6) is -0.0161. The Morgan fingerprint density at radius 2 is 2.15 bits per heavy atom. The Morgan fingerprint density at radius 1 is 1.35 bits per heavy atom. The number of amides is 1. The van der Waals surface area contributed by atoms with Crippen molar-refractivity contribution in [3.05, 3.63) is 23.8 Å². The summed E-state index contributed by atoms with van der Waals surface area (Å²) >= 11 is 1.36. The number of imidazole rings is 1. The molecule has 142 valence electrons. The van der Waals surface area contributed by atoms with Gasteiger partial charge in [-0.2, -0.15) is 13.2 Å². The molecule has 3 rings (SSSR count). The van der Waals surface area contributed by atoms with Crippen LogP contribution in [0.15, 0.2) is 23.4 Å². The Bertz CT molecular complexity index is 788. The van der Waals surface area contributed by atoms with Crippen LogP contribution in [0.25, 0.3) is 11.0 Å². The van der Waals surface area contributed by atoms with Crippen molar-refractivity contribution in [2.24, 2.45) is 0 Å². The number of unbranched alkanes of at least 4 members (excludes halogenated alkanes) is 1. The van der Waals surface area contributed by atoms with Crippen molar-refractivity contribution < 1.29 is 18.0 Å². The highest BCUT2D eigenvalue weighted by Crippen LogP contribution is 2.34. The van der Waals surface area contributed by atoms with E-state index >= 15 is 0 Å². The molecule has 1 atom stereocenters. The largest absolute Gasteiger partial charge is 0.416 e. The number of nitrogens with zero attached hydrogens (tertiary/aromatic N) is 2. The van der Waals surface area contributed by atoms with Crippen LogP contribution in [0.4, 0.5) is 13.2 Å². The highest BCUT2D eigenvalue weighted by atomic mass is 32.2. The summed E-state index contributed by atoms with van der Waals surface area (Å²) in [4.78, 5) is 16.7.